The van der Waals surface area contributed by atoms with E-state index in [1.54, 1.807) is 19.4 Å². The van der Waals surface area contributed by atoms with Gasteiger partial charge in [0.05, 0.1) is 7.11 Å². The van der Waals surface area contributed by atoms with E-state index in [4.69, 9.17) is 24.9 Å². The van der Waals surface area contributed by atoms with Gasteiger partial charge < -0.3 is 14.2 Å². The minimum absolute atomic E-state index is 0.0263. The summed E-state index contributed by atoms with van der Waals surface area (Å²) < 4.78 is 42.5. The minimum atomic E-state index is -4.17. The third-order valence-corrected chi connectivity index (χ3v) is 7.89. The van der Waals surface area contributed by atoms with Crippen LogP contribution in [0.4, 0.5) is 0 Å². The highest BCUT2D eigenvalue weighted by molar-refractivity contribution is 8.13. The van der Waals surface area contributed by atoms with Crippen LogP contribution in [0.25, 0.3) is 11.1 Å². The largest absolute Gasteiger partial charge is 0.481 e. The molecule has 0 spiro atoms. The highest BCUT2D eigenvalue weighted by atomic mass is 35.7. The molecule has 2 heterocycles. The number of ether oxygens (including phenoxy) is 3. The highest BCUT2D eigenvalue weighted by Crippen LogP contribution is 2.40. The van der Waals surface area contributed by atoms with Gasteiger partial charge in [0, 0.05) is 43.2 Å². The second-order valence-electron chi connectivity index (χ2n) is 9.53. The molecule has 3 rings (SSSR count). The quantitative estimate of drug-likeness (QED) is 0.179. The highest BCUT2D eigenvalue weighted by Gasteiger charge is 2.24. The lowest BCUT2D eigenvalue weighted by atomic mass is 9.96. The molecule has 190 valence electrons. The summed E-state index contributed by atoms with van der Waals surface area (Å²) in [5, 5.41) is 3.49. The predicted octanol–water partition coefficient (Wildman–Crippen LogP) is 5.50. The summed E-state index contributed by atoms with van der Waals surface area (Å²) in [6.45, 7) is 11.3. The Morgan fingerprint density at radius 2 is 1.91 bits per heavy atom. The van der Waals surface area contributed by atoms with E-state index in [0.717, 1.165) is 22.7 Å². The number of halogens is 1. The number of rotatable bonds is 11. The molecule has 0 saturated heterocycles. The van der Waals surface area contributed by atoms with Gasteiger partial charge in [0.15, 0.2) is 0 Å². The van der Waals surface area contributed by atoms with Crippen LogP contribution in [0.5, 0.6) is 17.6 Å². The zero-order valence-electron chi connectivity index (χ0n) is 20.8. The van der Waals surface area contributed by atoms with Gasteiger partial charge in [-0.1, -0.05) is 51.7 Å². The third kappa shape index (κ3) is 7.26. The van der Waals surface area contributed by atoms with Gasteiger partial charge in [-0.2, -0.15) is 9.67 Å². The summed E-state index contributed by atoms with van der Waals surface area (Å²) in [6.07, 6.45) is 1.65. The van der Waals surface area contributed by atoms with E-state index in [9.17, 15) is 8.42 Å². The lowest BCUT2D eigenvalue weighted by Gasteiger charge is -2.18. The zero-order chi connectivity index (χ0) is 25.8. The Balaban J connectivity index is 2.04. The minimum Gasteiger partial charge on any atom is -0.481 e. The van der Waals surface area contributed by atoms with Crippen LogP contribution >= 0.6 is 10.7 Å². The van der Waals surface area contributed by atoms with Crippen LogP contribution in [0.15, 0.2) is 41.7 Å². The van der Waals surface area contributed by atoms with Crippen molar-refractivity contribution in [1.82, 2.24) is 19.7 Å². The Kier molecular flexibility index (Phi) is 8.57. The molecule has 0 aliphatic heterocycles. The van der Waals surface area contributed by atoms with Crippen LogP contribution in [0.3, 0.4) is 0 Å². The maximum atomic E-state index is 12.0. The number of pyridine rings is 1. The van der Waals surface area contributed by atoms with Crippen molar-refractivity contribution in [2.45, 2.75) is 57.3 Å². The van der Waals surface area contributed by atoms with E-state index in [0.29, 0.717) is 18.2 Å². The average Bonchev–Trinajstić information content (AvgIpc) is 3.19. The number of benzene rings is 1. The molecule has 0 aliphatic carbocycles. The Bertz CT molecular complexity index is 1280. The van der Waals surface area contributed by atoms with E-state index in [1.165, 1.54) is 4.68 Å². The van der Waals surface area contributed by atoms with E-state index in [2.05, 4.69) is 34.7 Å². The zero-order valence-corrected chi connectivity index (χ0v) is 23.4. The number of para-hydroxylation sites is 1. The maximum absolute atomic E-state index is 12.0. The summed E-state index contributed by atoms with van der Waals surface area (Å²) in [7, 11) is 1.61. The predicted molar refractivity (Wildman–Crippen MR) is 138 cm³/mol. The Labute approximate surface area is 211 Å². The first-order valence-corrected chi connectivity index (χ1v) is 17.2. The molecule has 0 saturated carbocycles. The van der Waals surface area contributed by atoms with Gasteiger partial charge in [-0.3, -0.25) is 0 Å². The lowest BCUT2D eigenvalue weighted by Crippen LogP contribution is -2.22. The molecule has 1 aromatic carbocycles. The van der Waals surface area contributed by atoms with E-state index in [1.807, 2.05) is 38.1 Å². The van der Waals surface area contributed by atoms with Crippen LogP contribution in [-0.2, 0) is 20.5 Å². The van der Waals surface area contributed by atoms with Crippen molar-refractivity contribution >= 4 is 27.8 Å². The fourth-order valence-corrected chi connectivity index (χ4v) is 4.57. The lowest BCUT2D eigenvalue weighted by molar-refractivity contribution is 0.0723. The molecule has 0 aliphatic rings. The smallest absolute Gasteiger partial charge is 0.323 e. The molecular weight excluding hydrogens is 508 g/mol. The molecule has 2 aromatic heterocycles. The van der Waals surface area contributed by atoms with E-state index in [-0.39, 0.29) is 18.7 Å². The van der Waals surface area contributed by atoms with Gasteiger partial charge in [0.1, 0.15) is 12.5 Å². The SMILES string of the molecule is COc1cc(-c2cccc(C(C)C)c2Oc2nc(S(=O)(=O)Cl)nn2COCC[Si](C)(C)C)ccn1. The molecule has 0 unspecified atom stereocenters. The third-order valence-electron chi connectivity index (χ3n) is 5.16. The van der Waals surface area contributed by atoms with Crippen LogP contribution in [0.2, 0.25) is 25.7 Å². The van der Waals surface area contributed by atoms with Gasteiger partial charge in [-0.15, -0.1) is 5.10 Å². The van der Waals surface area contributed by atoms with Crippen molar-refractivity contribution in [2.75, 3.05) is 13.7 Å². The van der Waals surface area contributed by atoms with Crippen LogP contribution in [0.1, 0.15) is 25.3 Å². The number of hydrogen-bond donors (Lipinski definition) is 0. The fourth-order valence-electron chi connectivity index (χ4n) is 3.23. The number of nitrogens with zero attached hydrogens (tertiary/aromatic N) is 4. The van der Waals surface area contributed by atoms with E-state index < -0.39 is 22.3 Å². The first-order chi connectivity index (χ1) is 16.4. The first-order valence-electron chi connectivity index (χ1n) is 11.2. The Morgan fingerprint density at radius 3 is 2.54 bits per heavy atom. The molecule has 0 atom stereocenters. The number of hydrogen-bond acceptors (Lipinski definition) is 8. The molecule has 0 radical (unpaired) electrons. The fraction of sp³-hybridized carbons (Fsp3) is 0.435. The van der Waals surface area contributed by atoms with Crippen molar-refractivity contribution in [2.24, 2.45) is 0 Å². The molecule has 0 N–H and O–H groups in total. The summed E-state index contributed by atoms with van der Waals surface area (Å²) in [5.41, 5.74) is 2.49. The molecule has 0 fully saturated rings. The summed E-state index contributed by atoms with van der Waals surface area (Å²) in [4.78, 5) is 8.25. The standard InChI is InChI=1S/C23H31ClN4O5SSi/c1-16(2)18-8-7-9-19(17-10-11-25-20(14-17)31-3)21(18)33-23-26-22(34(24,29)30)27-28(23)15-32-12-13-35(4,5)6/h7-11,14,16H,12-13,15H2,1-6H3. The Morgan fingerprint density at radius 1 is 1.17 bits per heavy atom. The average molecular weight is 539 g/mol. The topological polar surface area (TPSA) is 105 Å². The number of methoxy groups -OCH3 is 1. The molecular formula is C23H31ClN4O5SSi. The second kappa shape index (κ2) is 11.1. The normalized spacial score (nSPS) is 12.2. The van der Waals surface area contributed by atoms with Gasteiger partial charge >= 0.3 is 6.01 Å². The number of aromatic nitrogens is 4. The van der Waals surface area contributed by atoms with Gasteiger partial charge in [0.25, 0.3) is 14.2 Å². The van der Waals surface area contributed by atoms with E-state index >= 15 is 0 Å². The molecule has 3 aromatic rings. The van der Waals surface area contributed by atoms with Crippen molar-refractivity contribution in [3.8, 4) is 28.8 Å². The van der Waals surface area contributed by atoms with Gasteiger partial charge in [-0.05, 0) is 29.2 Å². The van der Waals surface area contributed by atoms with Crippen LogP contribution in [-0.4, -0.2) is 50.0 Å². The second-order valence-corrected chi connectivity index (χ2v) is 17.6. The van der Waals surface area contributed by atoms with Crippen molar-refractivity contribution < 1.29 is 22.6 Å². The molecule has 9 nitrogen and oxygen atoms in total. The van der Waals surface area contributed by atoms with Gasteiger partial charge in [0.2, 0.25) is 5.88 Å². The summed E-state index contributed by atoms with van der Waals surface area (Å²) in [6, 6.07) is 10.3. The summed E-state index contributed by atoms with van der Waals surface area (Å²) in [5.74, 6) is 1.08. The maximum Gasteiger partial charge on any atom is 0.323 e. The van der Waals surface area contributed by atoms with Crippen molar-refractivity contribution in [3.05, 3.63) is 42.1 Å². The molecule has 35 heavy (non-hydrogen) atoms. The summed E-state index contributed by atoms with van der Waals surface area (Å²) >= 11 is 0. The molecule has 0 bridgehead atoms. The van der Waals surface area contributed by atoms with Crippen molar-refractivity contribution in [3.63, 3.8) is 0 Å². The van der Waals surface area contributed by atoms with Crippen LogP contribution < -0.4 is 9.47 Å². The Hall–Kier alpha value is -2.47. The van der Waals surface area contributed by atoms with Crippen LogP contribution in [0, 0.1) is 0 Å². The van der Waals surface area contributed by atoms with Gasteiger partial charge in [-0.25, -0.2) is 13.4 Å². The monoisotopic (exact) mass is 538 g/mol. The molecule has 0 amide bonds. The van der Waals surface area contributed by atoms with Crippen molar-refractivity contribution in [1.29, 1.82) is 0 Å². The molecule has 12 heteroatoms. The first kappa shape index (κ1) is 27.1.